The largest absolute Gasteiger partial charge is 0.462 e. The van der Waals surface area contributed by atoms with E-state index in [0.29, 0.717) is 12.2 Å². The van der Waals surface area contributed by atoms with Gasteiger partial charge < -0.3 is 14.6 Å². The van der Waals surface area contributed by atoms with Gasteiger partial charge in [0.2, 0.25) is 0 Å². The van der Waals surface area contributed by atoms with Crippen molar-refractivity contribution in [1.82, 2.24) is 0 Å². The molecule has 0 aromatic carbocycles. The Hall–Kier alpha value is -1.91. The number of unbranched alkanes of at least 4 members (excludes halogenated alkanes) is 2. The van der Waals surface area contributed by atoms with Gasteiger partial charge in [-0.2, -0.15) is 0 Å². The van der Waals surface area contributed by atoms with E-state index in [1.807, 2.05) is 12.2 Å². The molecule has 0 saturated carbocycles. The van der Waals surface area contributed by atoms with Gasteiger partial charge in [-0.1, -0.05) is 42.0 Å². The predicted octanol–water partition coefficient (Wildman–Crippen LogP) is 4.29. The molecule has 4 heteroatoms. The summed E-state index contributed by atoms with van der Waals surface area (Å²) >= 11 is 0. The monoisotopic (exact) mass is 348 g/mol. The molecule has 0 aliphatic carbocycles. The molecule has 0 rings (SSSR count). The maximum Gasteiger partial charge on any atom is 0.337 e. The average Bonchev–Trinajstić information content (AvgIpc) is 2.62. The second-order valence-corrected chi connectivity index (χ2v) is 5.61. The van der Waals surface area contributed by atoms with E-state index in [1.54, 1.807) is 32.3 Å². The highest BCUT2D eigenvalue weighted by molar-refractivity contribution is 5.91. The SMILES string of the molecule is C=CC(/C=C\C=C(/C)CCCCCOC(=O)C(/C=C\CO)=C/C)OC. The maximum absolute atomic E-state index is 11.8. The quantitative estimate of drug-likeness (QED) is 0.177. The van der Waals surface area contributed by atoms with Gasteiger partial charge in [0, 0.05) is 7.11 Å². The zero-order valence-corrected chi connectivity index (χ0v) is 15.7. The lowest BCUT2D eigenvalue weighted by Crippen LogP contribution is -2.07. The molecule has 0 saturated heterocycles. The minimum atomic E-state index is -0.344. The number of ether oxygens (including phenoxy) is 2. The van der Waals surface area contributed by atoms with Gasteiger partial charge in [-0.3, -0.25) is 0 Å². The Bertz CT molecular complexity index is 498. The van der Waals surface area contributed by atoms with Crippen LogP contribution in [0.4, 0.5) is 0 Å². The molecule has 25 heavy (non-hydrogen) atoms. The molecular formula is C21H32O4. The van der Waals surface area contributed by atoms with Crippen LogP contribution in [0.15, 0.2) is 60.3 Å². The number of rotatable bonds is 13. The summed E-state index contributed by atoms with van der Waals surface area (Å²) in [7, 11) is 1.66. The molecule has 0 fully saturated rings. The lowest BCUT2D eigenvalue weighted by atomic mass is 10.1. The van der Waals surface area contributed by atoms with Crippen molar-refractivity contribution >= 4 is 5.97 Å². The van der Waals surface area contributed by atoms with Gasteiger partial charge in [0.25, 0.3) is 0 Å². The van der Waals surface area contributed by atoms with Gasteiger partial charge in [-0.15, -0.1) is 6.58 Å². The van der Waals surface area contributed by atoms with Crippen LogP contribution in [0.3, 0.4) is 0 Å². The highest BCUT2D eigenvalue weighted by Gasteiger charge is 2.06. The summed E-state index contributed by atoms with van der Waals surface area (Å²) in [6.45, 7) is 7.90. The Morgan fingerprint density at radius 1 is 1.28 bits per heavy atom. The molecular weight excluding hydrogens is 316 g/mol. The third-order valence-electron chi connectivity index (χ3n) is 3.58. The Morgan fingerprint density at radius 3 is 2.64 bits per heavy atom. The molecule has 4 nitrogen and oxygen atoms in total. The summed E-state index contributed by atoms with van der Waals surface area (Å²) in [5.74, 6) is -0.344. The minimum absolute atomic E-state index is 0.0481. The van der Waals surface area contributed by atoms with E-state index in [1.165, 1.54) is 11.6 Å². The molecule has 0 spiro atoms. The second-order valence-electron chi connectivity index (χ2n) is 5.61. The first-order valence-electron chi connectivity index (χ1n) is 8.69. The van der Waals surface area contributed by atoms with E-state index in [0.717, 1.165) is 25.7 Å². The van der Waals surface area contributed by atoms with Crippen LogP contribution < -0.4 is 0 Å². The normalized spacial score (nSPS) is 14.2. The maximum atomic E-state index is 11.8. The zero-order chi connectivity index (χ0) is 18.9. The number of hydrogen-bond acceptors (Lipinski definition) is 4. The fourth-order valence-electron chi connectivity index (χ4n) is 2.06. The lowest BCUT2D eigenvalue weighted by molar-refractivity contribution is -0.138. The first kappa shape index (κ1) is 23.1. The molecule has 1 unspecified atom stereocenters. The number of aliphatic hydroxyl groups excluding tert-OH is 1. The number of carbonyl (C=O) groups is 1. The third-order valence-corrected chi connectivity index (χ3v) is 3.58. The van der Waals surface area contributed by atoms with E-state index in [2.05, 4.69) is 19.6 Å². The summed E-state index contributed by atoms with van der Waals surface area (Å²) in [5, 5.41) is 8.73. The zero-order valence-electron chi connectivity index (χ0n) is 15.7. The van der Waals surface area contributed by atoms with Gasteiger partial charge in [-0.05, 0) is 45.6 Å². The van der Waals surface area contributed by atoms with Crippen LogP contribution in [0.5, 0.6) is 0 Å². The second kappa shape index (κ2) is 15.6. The fraction of sp³-hybridized carbons (Fsp3) is 0.476. The molecule has 0 radical (unpaired) electrons. The van der Waals surface area contributed by atoms with E-state index in [4.69, 9.17) is 14.6 Å². The van der Waals surface area contributed by atoms with Crippen LogP contribution in [0, 0.1) is 0 Å². The summed E-state index contributed by atoms with van der Waals surface area (Å²) < 4.78 is 10.4. The van der Waals surface area contributed by atoms with Crippen molar-refractivity contribution in [2.24, 2.45) is 0 Å². The number of hydrogen-bond donors (Lipinski definition) is 1. The molecule has 0 bridgehead atoms. The summed E-state index contributed by atoms with van der Waals surface area (Å²) in [6, 6.07) is 0. The molecule has 0 amide bonds. The molecule has 0 heterocycles. The number of esters is 1. The van der Waals surface area contributed by atoms with E-state index < -0.39 is 0 Å². The highest BCUT2D eigenvalue weighted by Crippen LogP contribution is 2.09. The van der Waals surface area contributed by atoms with Crippen molar-refractivity contribution in [2.75, 3.05) is 20.3 Å². The first-order valence-corrected chi connectivity index (χ1v) is 8.69. The Morgan fingerprint density at radius 2 is 2.04 bits per heavy atom. The Kier molecular flexibility index (Phi) is 14.4. The van der Waals surface area contributed by atoms with Gasteiger partial charge in [0.1, 0.15) is 0 Å². The van der Waals surface area contributed by atoms with Crippen LogP contribution >= 0.6 is 0 Å². The van der Waals surface area contributed by atoms with Crippen molar-refractivity contribution in [1.29, 1.82) is 0 Å². The summed E-state index contributed by atoms with van der Waals surface area (Å²) in [5.41, 5.74) is 1.77. The predicted molar refractivity (Wildman–Crippen MR) is 103 cm³/mol. The Balaban J connectivity index is 3.93. The molecule has 1 N–H and O–H groups in total. The average molecular weight is 348 g/mol. The summed E-state index contributed by atoms with van der Waals surface area (Å²) in [6.07, 6.45) is 16.4. The van der Waals surface area contributed by atoms with Crippen molar-refractivity contribution in [3.63, 3.8) is 0 Å². The van der Waals surface area contributed by atoms with Crippen LogP contribution in [-0.2, 0) is 14.3 Å². The smallest absolute Gasteiger partial charge is 0.337 e. The minimum Gasteiger partial charge on any atom is -0.462 e. The van der Waals surface area contributed by atoms with E-state index in [9.17, 15) is 4.79 Å². The standard InChI is InChI=1S/C21H32O4/c1-5-19(14-11-16-22)21(23)25-17-9-7-8-12-18(3)13-10-15-20(6-2)24-4/h5-6,10-11,13-15,20,22H,2,7-9,12,16-17H2,1,3-4H3/b14-11-,15-10-,18-13+,19-5+. The molecule has 0 aromatic heterocycles. The van der Waals surface area contributed by atoms with Crippen LogP contribution in [-0.4, -0.2) is 37.5 Å². The number of aliphatic hydroxyl groups is 1. The number of carbonyl (C=O) groups excluding carboxylic acids is 1. The van der Waals surface area contributed by atoms with Crippen LogP contribution in [0.1, 0.15) is 39.5 Å². The number of methoxy groups -OCH3 is 1. The molecule has 0 aromatic rings. The summed E-state index contributed by atoms with van der Waals surface area (Å²) in [4.78, 5) is 11.8. The van der Waals surface area contributed by atoms with E-state index in [-0.39, 0.29) is 18.7 Å². The van der Waals surface area contributed by atoms with Gasteiger partial charge in [-0.25, -0.2) is 4.79 Å². The van der Waals surface area contributed by atoms with Crippen molar-refractivity contribution in [3.8, 4) is 0 Å². The van der Waals surface area contributed by atoms with E-state index >= 15 is 0 Å². The van der Waals surface area contributed by atoms with Crippen LogP contribution in [0.2, 0.25) is 0 Å². The highest BCUT2D eigenvalue weighted by atomic mass is 16.5. The lowest BCUT2D eigenvalue weighted by Gasteiger charge is -2.06. The molecule has 1 atom stereocenters. The van der Waals surface area contributed by atoms with Gasteiger partial charge >= 0.3 is 5.97 Å². The number of allylic oxidation sites excluding steroid dienone is 4. The molecule has 0 aliphatic heterocycles. The van der Waals surface area contributed by atoms with Crippen LogP contribution in [0.25, 0.3) is 0 Å². The van der Waals surface area contributed by atoms with Crippen molar-refractivity contribution in [2.45, 2.75) is 45.6 Å². The molecule has 140 valence electrons. The van der Waals surface area contributed by atoms with Crippen molar-refractivity contribution in [3.05, 3.63) is 60.3 Å². The fourth-order valence-corrected chi connectivity index (χ4v) is 2.06. The molecule has 0 aliphatic rings. The van der Waals surface area contributed by atoms with Gasteiger partial charge in [0.15, 0.2) is 0 Å². The topological polar surface area (TPSA) is 55.8 Å². The third kappa shape index (κ3) is 12.1. The van der Waals surface area contributed by atoms with Crippen molar-refractivity contribution < 1.29 is 19.4 Å². The van der Waals surface area contributed by atoms with Gasteiger partial charge in [0.05, 0.1) is 24.9 Å². The first-order chi connectivity index (χ1) is 12.1. The Labute approximate surface area is 152 Å².